The molecule has 0 saturated carbocycles. The topological polar surface area (TPSA) is 51.6 Å². The van der Waals surface area contributed by atoms with Crippen LogP contribution in [0.2, 0.25) is 0 Å². The minimum Gasteiger partial charge on any atom is -0.506 e. The number of ether oxygens (including phenoxy) is 2. The highest BCUT2D eigenvalue weighted by Crippen LogP contribution is 2.12. The van der Waals surface area contributed by atoms with Crippen LogP contribution in [0.4, 0.5) is 0 Å². The van der Waals surface area contributed by atoms with Crippen molar-refractivity contribution in [3.8, 4) is 11.6 Å². The SMILES string of the molecule is CCOC(CC)COc1ccc(O)cn1. The van der Waals surface area contributed by atoms with E-state index in [1.807, 2.05) is 13.8 Å². The number of aromatic hydroxyl groups is 1. The molecule has 1 atom stereocenters. The van der Waals surface area contributed by atoms with Crippen LogP contribution in [-0.2, 0) is 4.74 Å². The smallest absolute Gasteiger partial charge is 0.213 e. The monoisotopic (exact) mass is 211 g/mol. The van der Waals surface area contributed by atoms with Crippen molar-refractivity contribution in [2.45, 2.75) is 26.4 Å². The molecule has 0 aliphatic rings. The highest BCUT2D eigenvalue weighted by atomic mass is 16.5. The third kappa shape index (κ3) is 4.16. The summed E-state index contributed by atoms with van der Waals surface area (Å²) in [4.78, 5) is 3.92. The standard InChI is InChI=1S/C11H17NO3/c1-3-10(14-4-2)8-15-11-6-5-9(13)7-12-11/h5-7,10,13H,3-4,8H2,1-2H3. The Kier molecular flexibility index (Phi) is 4.90. The van der Waals surface area contributed by atoms with E-state index in [9.17, 15) is 0 Å². The second kappa shape index (κ2) is 6.24. The first-order valence-corrected chi connectivity index (χ1v) is 5.15. The van der Waals surface area contributed by atoms with E-state index in [1.165, 1.54) is 6.20 Å². The molecule has 0 aromatic carbocycles. The number of rotatable bonds is 6. The molecule has 0 saturated heterocycles. The Hall–Kier alpha value is -1.29. The fourth-order valence-electron chi connectivity index (χ4n) is 1.16. The van der Waals surface area contributed by atoms with Crippen molar-refractivity contribution in [2.75, 3.05) is 13.2 Å². The van der Waals surface area contributed by atoms with Gasteiger partial charge in [-0.2, -0.15) is 0 Å². The van der Waals surface area contributed by atoms with Gasteiger partial charge in [0, 0.05) is 12.7 Å². The van der Waals surface area contributed by atoms with E-state index in [4.69, 9.17) is 14.6 Å². The molecule has 84 valence electrons. The molecular formula is C11H17NO3. The fraction of sp³-hybridized carbons (Fsp3) is 0.545. The Bertz CT molecular complexity index is 274. The minimum absolute atomic E-state index is 0.102. The van der Waals surface area contributed by atoms with Crippen LogP contribution in [0, 0.1) is 0 Å². The van der Waals surface area contributed by atoms with Gasteiger partial charge in [0.2, 0.25) is 5.88 Å². The van der Waals surface area contributed by atoms with Crippen molar-refractivity contribution in [1.29, 1.82) is 0 Å². The molecule has 4 heteroatoms. The largest absolute Gasteiger partial charge is 0.506 e. The maximum atomic E-state index is 9.02. The lowest BCUT2D eigenvalue weighted by atomic mass is 10.3. The highest BCUT2D eigenvalue weighted by Gasteiger charge is 2.06. The normalized spacial score (nSPS) is 12.4. The Morgan fingerprint density at radius 3 is 2.73 bits per heavy atom. The van der Waals surface area contributed by atoms with Gasteiger partial charge in [0.1, 0.15) is 12.4 Å². The van der Waals surface area contributed by atoms with Crippen molar-refractivity contribution in [1.82, 2.24) is 4.98 Å². The quantitative estimate of drug-likeness (QED) is 0.781. The Morgan fingerprint density at radius 1 is 1.40 bits per heavy atom. The number of pyridine rings is 1. The van der Waals surface area contributed by atoms with E-state index < -0.39 is 0 Å². The van der Waals surface area contributed by atoms with Gasteiger partial charge in [-0.3, -0.25) is 0 Å². The predicted octanol–water partition coefficient (Wildman–Crippen LogP) is 1.98. The molecule has 1 aromatic heterocycles. The molecule has 1 unspecified atom stereocenters. The van der Waals surface area contributed by atoms with Crippen molar-refractivity contribution in [3.05, 3.63) is 18.3 Å². The van der Waals surface area contributed by atoms with Crippen LogP contribution < -0.4 is 4.74 Å². The molecule has 4 nitrogen and oxygen atoms in total. The highest BCUT2D eigenvalue weighted by molar-refractivity contribution is 5.21. The van der Waals surface area contributed by atoms with Crippen LogP contribution in [-0.4, -0.2) is 29.4 Å². The van der Waals surface area contributed by atoms with Gasteiger partial charge in [0.05, 0.1) is 12.3 Å². The number of hydrogen-bond acceptors (Lipinski definition) is 4. The fourth-order valence-corrected chi connectivity index (χ4v) is 1.16. The molecule has 1 N–H and O–H groups in total. The Morgan fingerprint density at radius 2 is 2.20 bits per heavy atom. The van der Waals surface area contributed by atoms with Crippen molar-refractivity contribution >= 4 is 0 Å². The molecule has 0 amide bonds. The summed E-state index contributed by atoms with van der Waals surface area (Å²) in [7, 11) is 0. The molecule has 0 fully saturated rings. The molecule has 0 radical (unpaired) electrons. The average molecular weight is 211 g/mol. The van der Waals surface area contributed by atoms with Gasteiger partial charge in [-0.15, -0.1) is 0 Å². The molecule has 1 rings (SSSR count). The molecule has 0 aliphatic heterocycles. The van der Waals surface area contributed by atoms with Crippen molar-refractivity contribution in [2.24, 2.45) is 0 Å². The Labute approximate surface area is 89.9 Å². The van der Waals surface area contributed by atoms with Gasteiger partial charge >= 0.3 is 0 Å². The van der Waals surface area contributed by atoms with Crippen LogP contribution >= 0.6 is 0 Å². The lowest BCUT2D eigenvalue weighted by Crippen LogP contribution is -2.21. The van der Waals surface area contributed by atoms with Gasteiger partial charge in [-0.1, -0.05) is 6.92 Å². The zero-order valence-corrected chi connectivity index (χ0v) is 9.14. The van der Waals surface area contributed by atoms with E-state index in [-0.39, 0.29) is 11.9 Å². The molecule has 0 bridgehead atoms. The molecule has 1 heterocycles. The maximum Gasteiger partial charge on any atom is 0.213 e. The zero-order valence-electron chi connectivity index (χ0n) is 9.14. The van der Waals surface area contributed by atoms with Crippen LogP contribution in [0.3, 0.4) is 0 Å². The van der Waals surface area contributed by atoms with E-state index in [0.717, 1.165) is 6.42 Å². The summed E-state index contributed by atoms with van der Waals surface area (Å²) >= 11 is 0. The summed E-state index contributed by atoms with van der Waals surface area (Å²) in [5.74, 6) is 0.644. The summed E-state index contributed by atoms with van der Waals surface area (Å²) in [6.07, 6.45) is 2.37. The van der Waals surface area contributed by atoms with Crippen LogP contribution in [0.25, 0.3) is 0 Å². The first-order valence-electron chi connectivity index (χ1n) is 5.15. The summed E-state index contributed by atoms with van der Waals surface area (Å²) in [5, 5.41) is 9.02. The molecule has 0 aliphatic carbocycles. The third-order valence-electron chi connectivity index (χ3n) is 2.00. The third-order valence-corrected chi connectivity index (χ3v) is 2.00. The van der Waals surface area contributed by atoms with E-state index in [2.05, 4.69) is 4.98 Å². The summed E-state index contributed by atoms with van der Waals surface area (Å²) in [6, 6.07) is 3.18. The minimum atomic E-state index is 0.102. The summed E-state index contributed by atoms with van der Waals surface area (Å²) < 4.78 is 10.9. The van der Waals surface area contributed by atoms with Gasteiger partial charge < -0.3 is 14.6 Å². The van der Waals surface area contributed by atoms with E-state index in [0.29, 0.717) is 19.1 Å². The second-order valence-corrected chi connectivity index (χ2v) is 3.15. The molecule has 15 heavy (non-hydrogen) atoms. The average Bonchev–Trinajstić information content (AvgIpc) is 2.26. The lowest BCUT2D eigenvalue weighted by molar-refractivity contribution is 0.0244. The van der Waals surface area contributed by atoms with Gasteiger partial charge in [0.25, 0.3) is 0 Å². The first-order chi connectivity index (χ1) is 7.26. The van der Waals surface area contributed by atoms with Crippen LogP contribution in [0.15, 0.2) is 18.3 Å². The number of aromatic nitrogens is 1. The van der Waals surface area contributed by atoms with Gasteiger partial charge in [-0.25, -0.2) is 4.98 Å². The predicted molar refractivity (Wildman–Crippen MR) is 57.1 cm³/mol. The maximum absolute atomic E-state index is 9.02. The van der Waals surface area contributed by atoms with E-state index in [1.54, 1.807) is 12.1 Å². The number of nitrogens with zero attached hydrogens (tertiary/aromatic N) is 1. The summed E-state index contributed by atoms with van der Waals surface area (Å²) in [6.45, 7) is 5.18. The molecular weight excluding hydrogens is 194 g/mol. The summed E-state index contributed by atoms with van der Waals surface area (Å²) in [5.41, 5.74) is 0. The van der Waals surface area contributed by atoms with E-state index >= 15 is 0 Å². The Balaban J connectivity index is 2.38. The van der Waals surface area contributed by atoms with Gasteiger partial charge in [0.15, 0.2) is 0 Å². The molecule has 1 aromatic rings. The van der Waals surface area contributed by atoms with Gasteiger partial charge in [-0.05, 0) is 19.4 Å². The van der Waals surface area contributed by atoms with Crippen molar-refractivity contribution in [3.63, 3.8) is 0 Å². The lowest BCUT2D eigenvalue weighted by Gasteiger charge is -2.15. The van der Waals surface area contributed by atoms with Crippen molar-refractivity contribution < 1.29 is 14.6 Å². The zero-order chi connectivity index (χ0) is 11.1. The van der Waals surface area contributed by atoms with Crippen LogP contribution in [0.1, 0.15) is 20.3 Å². The number of hydrogen-bond donors (Lipinski definition) is 1. The first kappa shape index (κ1) is 11.8. The second-order valence-electron chi connectivity index (χ2n) is 3.15. The molecule has 0 spiro atoms. The van der Waals surface area contributed by atoms with Crippen LogP contribution in [0.5, 0.6) is 11.6 Å².